The lowest BCUT2D eigenvalue weighted by Gasteiger charge is -2.23. The molecule has 2 fully saturated rings. The standard InChI is InChI=1S/C17H23N3O2/c1-18(2)15-8-9-19(12-15)17(22)13-10-16(21)20(11-13)14-6-4-3-5-7-14/h3-7,13,15H,8-12H2,1-2H3. The average molecular weight is 301 g/mol. The van der Waals surface area contributed by atoms with E-state index in [0.717, 1.165) is 25.2 Å². The Morgan fingerprint density at radius 2 is 1.91 bits per heavy atom. The highest BCUT2D eigenvalue weighted by molar-refractivity contribution is 6.00. The highest BCUT2D eigenvalue weighted by Crippen LogP contribution is 2.27. The van der Waals surface area contributed by atoms with Crippen molar-refractivity contribution in [1.82, 2.24) is 9.80 Å². The second-order valence-electron chi connectivity index (χ2n) is 6.43. The number of rotatable bonds is 3. The zero-order chi connectivity index (χ0) is 15.7. The van der Waals surface area contributed by atoms with E-state index in [1.807, 2.05) is 35.2 Å². The summed E-state index contributed by atoms with van der Waals surface area (Å²) in [6, 6.07) is 10.0. The fraction of sp³-hybridized carbons (Fsp3) is 0.529. The minimum Gasteiger partial charge on any atom is -0.341 e. The number of hydrogen-bond acceptors (Lipinski definition) is 3. The number of anilines is 1. The SMILES string of the molecule is CN(C)C1CCN(C(=O)C2CC(=O)N(c3ccccc3)C2)C1. The monoisotopic (exact) mass is 301 g/mol. The molecule has 1 aromatic carbocycles. The van der Waals surface area contributed by atoms with Gasteiger partial charge in [-0.25, -0.2) is 0 Å². The fourth-order valence-corrected chi connectivity index (χ4v) is 3.35. The second kappa shape index (κ2) is 6.08. The summed E-state index contributed by atoms with van der Waals surface area (Å²) in [6.45, 7) is 2.09. The Morgan fingerprint density at radius 1 is 1.18 bits per heavy atom. The zero-order valence-corrected chi connectivity index (χ0v) is 13.2. The molecule has 22 heavy (non-hydrogen) atoms. The van der Waals surface area contributed by atoms with E-state index in [1.54, 1.807) is 4.90 Å². The molecule has 3 rings (SSSR count). The maximum atomic E-state index is 12.7. The quantitative estimate of drug-likeness (QED) is 0.843. The predicted molar refractivity (Wildman–Crippen MR) is 85.6 cm³/mol. The molecular weight excluding hydrogens is 278 g/mol. The van der Waals surface area contributed by atoms with Crippen molar-refractivity contribution in [1.29, 1.82) is 0 Å². The molecule has 2 unspecified atom stereocenters. The number of likely N-dealkylation sites (tertiary alicyclic amines) is 1. The molecule has 2 saturated heterocycles. The first kappa shape index (κ1) is 15.0. The number of carbonyl (C=O) groups excluding carboxylic acids is 2. The molecule has 1 aromatic rings. The van der Waals surface area contributed by atoms with Crippen molar-refractivity contribution in [2.75, 3.05) is 38.6 Å². The van der Waals surface area contributed by atoms with Gasteiger partial charge in [0.05, 0.1) is 5.92 Å². The normalized spacial score (nSPS) is 25.3. The van der Waals surface area contributed by atoms with Crippen LogP contribution in [0.5, 0.6) is 0 Å². The number of hydrogen-bond donors (Lipinski definition) is 0. The Morgan fingerprint density at radius 3 is 2.55 bits per heavy atom. The van der Waals surface area contributed by atoms with Crippen LogP contribution in [0.3, 0.4) is 0 Å². The van der Waals surface area contributed by atoms with Crippen LogP contribution in [0.4, 0.5) is 5.69 Å². The molecule has 0 spiro atoms. The van der Waals surface area contributed by atoms with Crippen molar-refractivity contribution in [2.24, 2.45) is 5.92 Å². The Hall–Kier alpha value is -1.88. The van der Waals surface area contributed by atoms with Gasteiger partial charge in [0, 0.05) is 37.8 Å². The van der Waals surface area contributed by atoms with Crippen molar-refractivity contribution in [3.8, 4) is 0 Å². The molecule has 2 amide bonds. The zero-order valence-electron chi connectivity index (χ0n) is 13.2. The summed E-state index contributed by atoms with van der Waals surface area (Å²) < 4.78 is 0. The van der Waals surface area contributed by atoms with Crippen LogP contribution in [0.15, 0.2) is 30.3 Å². The highest BCUT2D eigenvalue weighted by atomic mass is 16.2. The smallest absolute Gasteiger partial charge is 0.228 e. The van der Waals surface area contributed by atoms with E-state index < -0.39 is 0 Å². The first-order valence-corrected chi connectivity index (χ1v) is 7.87. The van der Waals surface area contributed by atoms with Crippen LogP contribution in [0, 0.1) is 5.92 Å². The van der Waals surface area contributed by atoms with Crippen LogP contribution < -0.4 is 4.90 Å². The number of para-hydroxylation sites is 1. The van der Waals surface area contributed by atoms with Gasteiger partial charge >= 0.3 is 0 Å². The minimum absolute atomic E-state index is 0.0490. The molecule has 2 atom stereocenters. The van der Waals surface area contributed by atoms with Crippen LogP contribution in [-0.4, -0.2) is 61.4 Å². The molecule has 0 radical (unpaired) electrons. The molecule has 118 valence electrons. The topological polar surface area (TPSA) is 43.9 Å². The van der Waals surface area contributed by atoms with E-state index in [0.29, 0.717) is 19.0 Å². The Bertz CT molecular complexity index is 558. The lowest BCUT2D eigenvalue weighted by atomic mass is 10.1. The molecule has 5 heteroatoms. The van der Waals surface area contributed by atoms with Crippen LogP contribution >= 0.6 is 0 Å². The first-order valence-electron chi connectivity index (χ1n) is 7.87. The summed E-state index contributed by atoms with van der Waals surface area (Å²) in [5.41, 5.74) is 0.885. The summed E-state index contributed by atoms with van der Waals surface area (Å²) in [5, 5.41) is 0. The molecule has 0 aromatic heterocycles. The number of benzene rings is 1. The molecular formula is C17H23N3O2. The molecule has 2 heterocycles. The number of likely N-dealkylation sites (N-methyl/N-ethyl adjacent to an activating group) is 1. The summed E-state index contributed by atoms with van der Waals surface area (Å²) in [7, 11) is 4.10. The van der Waals surface area contributed by atoms with Gasteiger partial charge in [0.15, 0.2) is 0 Å². The van der Waals surface area contributed by atoms with Gasteiger partial charge in [-0.1, -0.05) is 18.2 Å². The third-order valence-electron chi connectivity index (χ3n) is 4.75. The van der Waals surface area contributed by atoms with E-state index in [2.05, 4.69) is 19.0 Å². The summed E-state index contributed by atoms with van der Waals surface area (Å²) in [4.78, 5) is 30.7. The number of nitrogens with zero attached hydrogens (tertiary/aromatic N) is 3. The molecule has 0 N–H and O–H groups in total. The van der Waals surface area contributed by atoms with Crippen LogP contribution in [0.2, 0.25) is 0 Å². The molecule has 5 nitrogen and oxygen atoms in total. The van der Waals surface area contributed by atoms with Crippen molar-refractivity contribution >= 4 is 17.5 Å². The van der Waals surface area contributed by atoms with E-state index in [1.165, 1.54) is 0 Å². The number of amides is 2. The number of carbonyl (C=O) groups is 2. The van der Waals surface area contributed by atoms with Crippen LogP contribution in [0.25, 0.3) is 0 Å². The summed E-state index contributed by atoms with van der Waals surface area (Å²) in [6.07, 6.45) is 1.35. The molecule has 0 saturated carbocycles. The lowest BCUT2D eigenvalue weighted by Crippen LogP contribution is -2.38. The molecule has 0 bridgehead atoms. The summed E-state index contributed by atoms with van der Waals surface area (Å²) in [5.74, 6) is -0.0161. The Kier molecular flexibility index (Phi) is 4.16. The van der Waals surface area contributed by atoms with E-state index in [9.17, 15) is 9.59 Å². The van der Waals surface area contributed by atoms with Gasteiger partial charge < -0.3 is 14.7 Å². The average Bonchev–Trinajstić information content (AvgIpc) is 3.14. The van der Waals surface area contributed by atoms with Crippen molar-refractivity contribution in [3.63, 3.8) is 0 Å². The van der Waals surface area contributed by atoms with Crippen LogP contribution in [0.1, 0.15) is 12.8 Å². The minimum atomic E-state index is -0.200. The molecule has 2 aliphatic rings. The van der Waals surface area contributed by atoms with Gasteiger partial charge in [-0.2, -0.15) is 0 Å². The van der Waals surface area contributed by atoms with E-state index >= 15 is 0 Å². The fourth-order valence-electron chi connectivity index (χ4n) is 3.35. The maximum absolute atomic E-state index is 12.7. The third kappa shape index (κ3) is 2.86. The highest BCUT2D eigenvalue weighted by Gasteiger charge is 2.39. The lowest BCUT2D eigenvalue weighted by molar-refractivity contribution is -0.134. The van der Waals surface area contributed by atoms with Gasteiger partial charge in [0.2, 0.25) is 11.8 Å². The van der Waals surface area contributed by atoms with E-state index in [-0.39, 0.29) is 17.7 Å². The van der Waals surface area contributed by atoms with Crippen molar-refractivity contribution in [2.45, 2.75) is 18.9 Å². The van der Waals surface area contributed by atoms with Gasteiger partial charge in [-0.3, -0.25) is 9.59 Å². The Labute approximate surface area is 131 Å². The maximum Gasteiger partial charge on any atom is 0.228 e. The first-order chi connectivity index (χ1) is 10.6. The van der Waals surface area contributed by atoms with Gasteiger partial charge in [0.25, 0.3) is 0 Å². The molecule has 0 aliphatic carbocycles. The van der Waals surface area contributed by atoms with Crippen molar-refractivity contribution < 1.29 is 9.59 Å². The predicted octanol–water partition coefficient (Wildman–Crippen LogP) is 1.20. The molecule has 2 aliphatic heterocycles. The van der Waals surface area contributed by atoms with Crippen molar-refractivity contribution in [3.05, 3.63) is 30.3 Å². The van der Waals surface area contributed by atoms with Gasteiger partial charge in [0.1, 0.15) is 0 Å². The van der Waals surface area contributed by atoms with Crippen LogP contribution in [-0.2, 0) is 9.59 Å². The summed E-state index contributed by atoms with van der Waals surface area (Å²) >= 11 is 0. The third-order valence-corrected chi connectivity index (χ3v) is 4.75. The second-order valence-corrected chi connectivity index (χ2v) is 6.43. The Balaban J connectivity index is 1.65. The largest absolute Gasteiger partial charge is 0.341 e. The van der Waals surface area contributed by atoms with Gasteiger partial charge in [-0.15, -0.1) is 0 Å². The van der Waals surface area contributed by atoms with Gasteiger partial charge in [-0.05, 0) is 32.6 Å². The van der Waals surface area contributed by atoms with E-state index in [4.69, 9.17) is 0 Å².